The van der Waals surface area contributed by atoms with Gasteiger partial charge < -0.3 is 10.4 Å². The quantitative estimate of drug-likeness (QED) is 0.479. The first-order chi connectivity index (χ1) is 8.82. The Hall–Kier alpha value is -1.87. The Balaban J connectivity index is 2.82. The van der Waals surface area contributed by atoms with Crippen LogP contribution in [-0.2, 0) is 0 Å². The van der Waals surface area contributed by atoms with Crippen molar-refractivity contribution in [2.24, 2.45) is 0 Å². The minimum absolute atomic E-state index is 0.311. The van der Waals surface area contributed by atoms with Gasteiger partial charge in [0.2, 0.25) is 0 Å². The molecule has 0 bridgehead atoms. The molecule has 1 amide bonds. The van der Waals surface area contributed by atoms with Gasteiger partial charge in [-0.1, -0.05) is 11.6 Å². The van der Waals surface area contributed by atoms with Gasteiger partial charge in [0, 0.05) is 12.6 Å². The highest BCUT2D eigenvalue weighted by Gasteiger charge is 2.20. The van der Waals surface area contributed by atoms with Gasteiger partial charge in [-0.25, -0.2) is 13.8 Å². The Morgan fingerprint density at radius 2 is 2.26 bits per heavy atom. The van der Waals surface area contributed by atoms with E-state index >= 15 is 0 Å². The molecular weight excluding hydrogens is 288 g/mol. The highest BCUT2D eigenvalue weighted by atomic mass is 35.5. The molecule has 0 saturated heterocycles. The number of nitrogens with zero attached hydrogens (tertiary/aromatic N) is 2. The maximum Gasteiger partial charge on any atom is 0.288 e. The zero-order chi connectivity index (χ0) is 14.6. The fourth-order valence-corrected chi connectivity index (χ4v) is 1.27. The van der Waals surface area contributed by atoms with Gasteiger partial charge >= 0.3 is 0 Å². The summed E-state index contributed by atoms with van der Waals surface area (Å²) < 4.78 is 24.0. The number of aliphatic hydroxyl groups is 1. The molecule has 19 heavy (non-hydrogen) atoms. The Kier molecular flexibility index (Phi) is 5.07. The number of nitro groups is 1. The van der Waals surface area contributed by atoms with E-state index in [4.69, 9.17) is 16.7 Å². The zero-order valence-corrected chi connectivity index (χ0v) is 9.97. The third-order valence-corrected chi connectivity index (χ3v) is 2.34. The van der Waals surface area contributed by atoms with E-state index in [2.05, 4.69) is 4.98 Å². The average molecular weight is 296 g/mol. The first-order valence-corrected chi connectivity index (χ1v) is 5.25. The molecule has 0 spiro atoms. The average Bonchev–Trinajstić information content (AvgIpc) is 2.35. The fourth-order valence-electron chi connectivity index (χ4n) is 1.08. The predicted molar refractivity (Wildman–Crippen MR) is 60.2 cm³/mol. The minimum Gasteiger partial charge on any atom is -0.385 e. The van der Waals surface area contributed by atoms with Crippen LogP contribution in [0.25, 0.3) is 0 Å². The summed E-state index contributed by atoms with van der Waals surface area (Å²) in [6, 6.07) is 0.861. The second-order valence-corrected chi connectivity index (χ2v) is 3.76. The number of alkyl halides is 2. The van der Waals surface area contributed by atoms with Crippen LogP contribution in [0.1, 0.15) is 10.4 Å². The molecular formula is C9H8ClF2N3O4. The summed E-state index contributed by atoms with van der Waals surface area (Å²) in [6.07, 6.45) is -4.19. The number of carbonyl (C=O) groups is 1. The van der Waals surface area contributed by atoms with E-state index in [0.717, 1.165) is 12.3 Å². The summed E-state index contributed by atoms with van der Waals surface area (Å²) in [5.74, 6) is -0.944. The van der Waals surface area contributed by atoms with Gasteiger partial charge in [0.1, 0.15) is 17.5 Å². The molecule has 0 aromatic carbocycles. The number of nitrogens with one attached hydrogen (secondary N) is 1. The summed E-state index contributed by atoms with van der Waals surface area (Å²) in [4.78, 5) is 24.7. The van der Waals surface area contributed by atoms with Gasteiger partial charge in [0.25, 0.3) is 18.0 Å². The Bertz CT molecular complexity index is 500. The molecule has 1 atom stereocenters. The van der Waals surface area contributed by atoms with Crippen LogP contribution in [0.5, 0.6) is 0 Å². The standard InChI is InChI=1S/C9H8ClF2N3O4/c10-7-5(1-4(2-13-7)15(18)19)9(17)14-3-6(16)8(11)12/h1-2,6,8,16H,3H2,(H,14,17). The highest BCUT2D eigenvalue weighted by Crippen LogP contribution is 2.18. The molecule has 1 heterocycles. The molecule has 2 N–H and O–H groups in total. The van der Waals surface area contributed by atoms with E-state index < -0.39 is 35.6 Å². The monoisotopic (exact) mass is 295 g/mol. The number of hydrogen-bond acceptors (Lipinski definition) is 5. The van der Waals surface area contributed by atoms with Crippen LogP contribution in [0.2, 0.25) is 5.15 Å². The summed E-state index contributed by atoms with van der Waals surface area (Å²) in [7, 11) is 0. The molecule has 0 aliphatic rings. The molecule has 0 fully saturated rings. The lowest BCUT2D eigenvalue weighted by atomic mass is 10.2. The first kappa shape index (κ1) is 15.2. The largest absolute Gasteiger partial charge is 0.385 e. The smallest absolute Gasteiger partial charge is 0.288 e. The molecule has 1 rings (SSSR count). The van der Waals surface area contributed by atoms with Crippen molar-refractivity contribution < 1.29 is 23.6 Å². The topological polar surface area (TPSA) is 105 Å². The van der Waals surface area contributed by atoms with E-state index in [-0.39, 0.29) is 10.7 Å². The third kappa shape index (κ3) is 4.07. The Morgan fingerprint density at radius 1 is 1.63 bits per heavy atom. The molecule has 104 valence electrons. The number of aliphatic hydroxyl groups excluding tert-OH is 1. The predicted octanol–water partition coefficient (Wildman–Crippen LogP) is 0.999. The van der Waals surface area contributed by atoms with E-state index in [1.165, 1.54) is 0 Å². The van der Waals surface area contributed by atoms with Crippen LogP contribution in [0.15, 0.2) is 12.3 Å². The maximum absolute atomic E-state index is 12.0. The fraction of sp³-hybridized carbons (Fsp3) is 0.333. The number of hydrogen-bond donors (Lipinski definition) is 2. The van der Waals surface area contributed by atoms with E-state index in [1.54, 1.807) is 0 Å². The van der Waals surface area contributed by atoms with Crippen LogP contribution in [0.4, 0.5) is 14.5 Å². The molecule has 1 aromatic heterocycles. The molecule has 0 radical (unpaired) electrons. The van der Waals surface area contributed by atoms with Crippen LogP contribution in [0, 0.1) is 10.1 Å². The van der Waals surface area contributed by atoms with Crippen LogP contribution < -0.4 is 5.32 Å². The summed E-state index contributed by atoms with van der Waals surface area (Å²) in [5, 5.41) is 21.0. The number of pyridine rings is 1. The van der Waals surface area contributed by atoms with Gasteiger partial charge in [-0.2, -0.15) is 0 Å². The second-order valence-electron chi connectivity index (χ2n) is 3.40. The van der Waals surface area contributed by atoms with Crippen molar-refractivity contribution in [2.45, 2.75) is 12.5 Å². The van der Waals surface area contributed by atoms with Crippen molar-refractivity contribution in [2.75, 3.05) is 6.54 Å². The molecule has 1 aromatic rings. The van der Waals surface area contributed by atoms with Crippen LogP contribution in [-0.4, -0.2) is 40.0 Å². The summed E-state index contributed by atoms with van der Waals surface area (Å²) in [5.41, 5.74) is -0.804. The SMILES string of the molecule is O=C(NCC(O)C(F)F)c1cc([N+](=O)[O-])cnc1Cl. The van der Waals surface area contributed by atoms with Gasteiger partial charge in [-0.15, -0.1) is 0 Å². The zero-order valence-electron chi connectivity index (χ0n) is 9.22. The number of aromatic nitrogens is 1. The lowest BCUT2D eigenvalue weighted by Crippen LogP contribution is -2.36. The summed E-state index contributed by atoms with van der Waals surface area (Å²) in [6.45, 7) is -0.713. The van der Waals surface area contributed by atoms with Crippen molar-refractivity contribution in [1.82, 2.24) is 10.3 Å². The van der Waals surface area contributed by atoms with Gasteiger partial charge in [-0.05, 0) is 0 Å². The highest BCUT2D eigenvalue weighted by molar-refractivity contribution is 6.32. The molecule has 7 nitrogen and oxygen atoms in total. The van der Waals surface area contributed by atoms with Crippen molar-refractivity contribution in [1.29, 1.82) is 0 Å². The summed E-state index contributed by atoms with van der Waals surface area (Å²) >= 11 is 5.57. The Morgan fingerprint density at radius 3 is 2.79 bits per heavy atom. The number of amides is 1. The van der Waals surface area contributed by atoms with Crippen molar-refractivity contribution in [3.63, 3.8) is 0 Å². The van der Waals surface area contributed by atoms with Crippen molar-refractivity contribution in [3.8, 4) is 0 Å². The first-order valence-electron chi connectivity index (χ1n) is 4.87. The van der Waals surface area contributed by atoms with Crippen LogP contribution in [0.3, 0.4) is 0 Å². The van der Waals surface area contributed by atoms with Gasteiger partial charge in [0.05, 0.1) is 10.5 Å². The van der Waals surface area contributed by atoms with Crippen molar-refractivity contribution >= 4 is 23.2 Å². The van der Waals surface area contributed by atoms with Crippen LogP contribution >= 0.6 is 11.6 Å². The molecule has 0 saturated carbocycles. The second kappa shape index (κ2) is 6.34. The molecule has 0 aliphatic heterocycles. The maximum atomic E-state index is 12.0. The molecule has 1 unspecified atom stereocenters. The minimum atomic E-state index is -3.01. The number of halogens is 3. The number of rotatable bonds is 5. The lowest BCUT2D eigenvalue weighted by Gasteiger charge is -2.10. The van der Waals surface area contributed by atoms with E-state index in [9.17, 15) is 23.7 Å². The van der Waals surface area contributed by atoms with E-state index in [0.29, 0.717) is 0 Å². The number of carbonyl (C=O) groups excluding carboxylic acids is 1. The lowest BCUT2D eigenvalue weighted by molar-refractivity contribution is -0.385. The molecule has 0 aliphatic carbocycles. The Labute approximate surface area is 110 Å². The van der Waals surface area contributed by atoms with E-state index in [1.807, 2.05) is 5.32 Å². The third-order valence-electron chi connectivity index (χ3n) is 2.04. The molecule has 10 heteroatoms. The van der Waals surface area contributed by atoms with Crippen molar-refractivity contribution in [3.05, 3.63) is 33.1 Å². The normalized spacial score (nSPS) is 12.3. The van der Waals surface area contributed by atoms with Gasteiger partial charge in [-0.3, -0.25) is 14.9 Å². The van der Waals surface area contributed by atoms with Gasteiger partial charge in [0.15, 0.2) is 0 Å².